The van der Waals surface area contributed by atoms with Crippen LogP contribution in [-0.4, -0.2) is 21.8 Å². The van der Waals surface area contributed by atoms with Crippen LogP contribution in [0, 0.1) is 6.92 Å². The van der Waals surface area contributed by atoms with Crippen LogP contribution in [0.15, 0.2) is 29.2 Å². The molecular weight excluding hydrogens is 256 g/mol. The molecule has 0 unspecified atom stereocenters. The Morgan fingerprint density at radius 2 is 2.11 bits per heavy atom. The summed E-state index contributed by atoms with van der Waals surface area (Å²) in [6.07, 6.45) is 1.44. The number of aryl methyl sites for hydroxylation is 1. The Morgan fingerprint density at radius 3 is 2.72 bits per heavy atom. The second kappa shape index (κ2) is 4.70. The van der Waals surface area contributed by atoms with E-state index in [9.17, 15) is 9.90 Å². The van der Waals surface area contributed by atoms with Gasteiger partial charge >= 0.3 is 0 Å². The van der Waals surface area contributed by atoms with Crippen molar-refractivity contribution >= 4 is 11.6 Å². The molecule has 0 aliphatic rings. The monoisotopic (exact) mass is 266 g/mol. The fourth-order valence-corrected chi connectivity index (χ4v) is 1.89. The predicted molar refractivity (Wildman–Crippen MR) is 67.8 cm³/mol. The van der Waals surface area contributed by atoms with Gasteiger partial charge in [-0.1, -0.05) is 11.6 Å². The average Bonchev–Trinajstić information content (AvgIpc) is 2.28. The van der Waals surface area contributed by atoms with Crippen LogP contribution >= 0.6 is 11.6 Å². The van der Waals surface area contributed by atoms with E-state index in [1.807, 2.05) is 0 Å². The molecule has 18 heavy (non-hydrogen) atoms. The van der Waals surface area contributed by atoms with Gasteiger partial charge in [0.05, 0.1) is 19.0 Å². The minimum Gasteiger partial charge on any atom is -0.508 e. The first kappa shape index (κ1) is 12.4. The van der Waals surface area contributed by atoms with Gasteiger partial charge in [0.2, 0.25) is 0 Å². The quantitative estimate of drug-likeness (QED) is 0.844. The average molecular weight is 267 g/mol. The normalized spacial score (nSPS) is 10.4. The lowest BCUT2D eigenvalue weighted by atomic mass is 10.3. The van der Waals surface area contributed by atoms with Gasteiger partial charge in [-0.2, -0.15) is 0 Å². The van der Waals surface area contributed by atoms with Gasteiger partial charge in [0, 0.05) is 17.8 Å². The first-order valence-electron chi connectivity index (χ1n) is 5.15. The minimum absolute atomic E-state index is 0.0760. The van der Waals surface area contributed by atoms with Crippen molar-refractivity contribution in [1.29, 1.82) is 0 Å². The Balaban J connectivity index is 2.76. The molecule has 0 aromatic carbocycles. The molecule has 0 aliphatic heterocycles. The summed E-state index contributed by atoms with van der Waals surface area (Å²) >= 11 is 5.83. The number of aromatic nitrogens is 2. The highest BCUT2D eigenvalue weighted by molar-refractivity contribution is 6.29. The molecule has 5 nitrogen and oxygen atoms in total. The smallest absolute Gasteiger partial charge is 0.259 e. The molecule has 1 N–H and O–H groups in total. The van der Waals surface area contributed by atoms with Crippen LogP contribution < -0.4 is 10.3 Å². The molecule has 0 spiro atoms. The lowest BCUT2D eigenvalue weighted by molar-refractivity contribution is 0.410. The van der Waals surface area contributed by atoms with Gasteiger partial charge in [0.15, 0.2) is 5.75 Å². The number of pyridine rings is 2. The van der Waals surface area contributed by atoms with Crippen LogP contribution in [0.4, 0.5) is 0 Å². The number of ether oxygens (including phenoxy) is 1. The number of halogens is 1. The summed E-state index contributed by atoms with van der Waals surface area (Å²) in [7, 11) is 1.48. The summed E-state index contributed by atoms with van der Waals surface area (Å²) in [5.41, 5.74) is 0.689. The minimum atomic E-state index is -0.368. The molecule has 2 heterocycles. The number of hydrogen-bond acceptors (Lipinski definition) is 4. The van der Waals surface area contributed by atoms with Crippen molar-refractivity contribution in [3.05, 3.63) is 45.6 Å². The first-order valence-corrected chi connectivity index (χ1v) is 5.53. The topological polar surface area (TPSA) is 64.3 Å². The maximum Gasteiger partial charge on any atom is 0.259 e. The van der Waals surface area contributed by atoms with Crippen LogP contribution in [0.2, 0.25) is 5.15 Å². The van der Waals surface area contributed by atoms with E-state index in [4.69, 9.17) is 16.3 Å². The van der Waals surface area contributed by atoms with Crippen molar-refractivity contribution in [3.63, 3.8) is 0 Å². The predicted octanol–water partition coefficient (Wildman–Crippen LogP) is 1.91. The zero-order valence-corrected chi connectivity index (χ0v) is 10.6. The maximum atomic E-state index is 11.9. The van der Waals surface area contributed by atoms with E-state index in [-0.39, 0.29) is 16.5 Å². The number of rotatable bonds is 2. The highest BCUT2D eigenvalue weighted by atomic mass is 35.5. The van der Waals surface area contributed by atoms with Crippen molar-refractivity contribution in [1.82, 2.24) is 9.55 Å². The van der Waals surface area contributed by atoms with Crippen LogP contribution in [0.3, 0.4) is 0 Å². The Morgan fingerprint density at radius 1 is 1.39 bits per heavy atom. The SMILES string of the molecule is COc1cnc(Cl)cc1-n1c(C)cc(O)cc1=O. The first-order chi connectivity index (χ1) is 8.52. The van der Waals surface area contributed by atoms with Gasteiger partial charge in [0.1, 0.15) is 10.9 Å². The third-order valence-corrected chi connectivity index (χ3v) is 2.68. The number of hydrogen-bond donors (Lipinski definition) is 1. The summed E-state index contributed by atoms with van der Waals surface area (Å²) in [5, 5.41) is 9.62. The van der Waals surface area contributed by atoms with E-state index >= 15 is 0 Å². The van der Waals surface area contributed by atoms with Crippen molar-refractivity contribution in [3.8, 4) is 17.2 Å². The Hall–Kier alpha value is -2.01. The molecule has 94 valence electrons. The van der Waals surface area contributed by atoms with Crippen molar-refractivity contribution in [2.45, 2.75) is 6.92 Å². The van der Waals surface area contributed by atoms with Gasteiger partial charge in [0.25, 0.3) is 5.56 Å². The summed E-state index contributed by atoms with van der Waals surface area (Å²) < 4.78 is 6.55. The third-order valence-electron chi connectivity index (χ3n) is 2.48. The van der Waals surface area contributed by atoms with Gasteiger partial charge < -0.3 is 9.84 Å². The van der Waals surface area contributed by atoms with Gasteiger partial charge in [-0.3, -0.25) is 9.36 Å². The van der Waals surface area contributed by atoms with E-state index in [0.29, 0.717) is 17.1 Å². The molecule has 2 rings (SSSR count). The molecule has 0 radical (unpaired) electrons. The lowest BCUT2D eigenvalue weighted by Gasteiger charge is -2.13. The third kappa shape index (κ3) is 2.17. The van der Waals surface area contributed by atoms with Gasteiger partial charge in [-0.15, -0.1) is 0 Å². The summed E-state index contributed by atoms with van der Waals surface area (Å²) in [6, 6.07) is 4.14. The number of methoxy groups -OCH3 is 1. The standard InChI is InChI=1S/C12H11ClN2O3/c1-7-3-8(16)4-12(17)15(7)9-5-11(13)14-6-10(9)18-2/h3-6,16H,1-2H3. The van der Waals surface area contributed by atoms with Crippen LogP contribution in [0.5, 0.6) is 11.5 Å². The van der Waals surface area contributed by atoms with Gasteiger partial charge in [-0.05, 0) is 13.0 Å². The molecule has 2 aromatic heterocycles. The Labute approximate surface area is 108 Å². The van der Waals surface area contributed by atoms with E-state index in [1.165, 1.54) is 30.0 Å². The highest BCUT2D eigenvalue weighted by Crippen LogP contribution is 2.24. The molecule has 2 aromatic rings. The van der Waals surface area contributed by atoms with Crippen molar-refractivity contribution in [2.75, 3.05) is 7.11 Å². The van der Waals surface area contributed by atoms with Crippen LogP contribution in [0.1, 0.15) is 5.69 Å². The van der Waals surface area contributed by atoms with Gasteiger partial charge in [-0.25, -0.2) is 4.98 Å². The molecule has 6 heteroatoms. The van der Waals surface area contributed by atoms with Crippen LogP contribution in [-0.2, 0) is 0 Å². The van der Waals surface area contributed by atoms with Crippen molar-refractivity contribution in [2.24, 2.45) is 0 Å². The number of nitrogens with zero attached hydrogens (tertiary/aromatic N) is 2. The molecule has 0 fully saturated rings. The number of aromatic hydroxyl groups is 1. The Bertz CT molecular complexity index is 652. The van der Waals surface area contributed by atoms with E-state index in [2.05, 4.69) is 4.98 Å². The van der Waals surface area contributed by atoms with Crippen molar-refractivity contribution < 1.29 is 9.84 Å². The second-order valence-corrected chi connectivity index (χ2v) is 4.09. The summed E-state index contributed by atoms with van der Waals surface area (Å²) in [5.74, 6) is 0.350. The van der Waals surface area contributed by atoms with Crippen LogP contribution in [0.25, 0.3) is 5.69 Å². The summed E-state index contributed by atoms with van der Waals surface area (Å²) in [4.78, 5) is 15.8. The molecule has 0 aliphatic carbocycles. The lowest BCUT2D eigenvalue weighted by Crippen LogP contribution is -2.19. The zero-order valence-electron chi connectivity index (χ0n) is 9.85. The molecule has 0 amide bonds. The molecule has 0 bridgehead atoms. The highest BCUT2D eigenvalue weighted by Gasteiger charge is 2.11. The molecular formula is C12H11ClN2O3. The second-order valence-electron chi connectivity index (χ2n) is 3.71. The Kier molecular flexibility index (Phi) is 3.25. The van der Waals surface area contributed by atoms with E-state index in [1.54, 1.807) is 6.92 Å². The molecule has 0 saturated carbocycles. The maximum absolute atomic E-state index is 11.9. The van der Waals surface area contributed by atoms with E-state index < -0.39 is 0 Å². The summed E-state index contributed by atoms with van der Waals surface area (Å²) in [6.45, 7) is 1.70. The van der Waals surface area contributed by atoms with E-state index in [0.717, 1.165) is 6.07 Å². The fourth-order valence-electron chi connectivity index (χ4n) is 1.73. The zero-order chi connectivity index (χ0) is 13.3. The largest absolute Gasteiger partial charge is 0.508 e. The molecule has 0 atom stereocenters. The fraction of sp³-hybridized carbons (Fsp3) is 0.167. The molecule has 0 saturated heterocycles.